The number of rotatable bonds is 18. The molecule has 0 aromatic heterocycles. The Morgan fingerprint density at radius 1 is 0.557 bits per heavy atom. The molecule has 6 aliphatic heterocycles. The average molecular weight is 1120 g/mol. The Morgan fingerprint density at radius 2 is 0.962 bits per heavy atom. The predicted molar refractivity (Wildman–Crippen MR) is 285 cm³/mol. The molecule has 0 radical (unpaired) electrons. The van der Waals surface area contributed by atoms with Crippen molar-refractivity contribution in [3.63, 3.8) is 0 Å². The van der Waals surface area contributed by atoms with Crippen LogP contribution >= 0.6 is 0 Å². The molecule has 10 fully saturated rings. The molecule has 13 unspecified atom stereocenters. The van der Waals surface area contributed by atoms with Crippen LogP contribution in [0.3, 0.4) is 0 Å². The quantitative estimate of drug-likeness (QED) is 0.0538. The first-order valence-electron chi connectivity index (χ1n) is 29.2. The van der Waals surface area contributed by atoms with Gasteiger partial charge in [0.2, 0.25) is 0 Å². The molecule has 79 heavy (non-hydrogen) atoms. The average Bonchev–Trinajstić information content (AvgIpc) is 4.24. The number of fused-ring (bicyclic) bond motifs is 2. The van der Waals surface area contributed by atoms with Gasteiger partial charge in [0.15, 0.2) is 30.7 Å². The highest BCUT2D eigenvalue weighted by atomic mass is 16.7. The highest BCUT2D eigenvalue weighted by Gasteiger charge is 2.67. The van der Waals surface area contributed by atoms with E-state index < -0.39 is 69.0 Å². The van der Waals surface area contributed by atoms with Crippen LogP contribution in [0, 0.1) is 51.2 Å². The normalized spacial score (nSPS) is 33.5. The van der Waals surface area contributed by atoms with Crippen molar-refractivity contribution in [1.29, 1.82) is 0 Å². The van der Waals surface area contributed by atoms with Crippen molar-refractivity contribution < 1.29 is 90.4 Å². The van der Waals surface area contributed by atoms with Crippen LogP contribution in [0.1, 0.15) is 195 Å². The summed E-state index contributed by atoms with van der Waals surface area (Å²) in [6, 6.07) is 0. The van der Waals surface area contributed by atoms with Gasteiger partial charge in [-0.25, -0.2) is 4.79 Å². The summed E-state index contributed by atoms with van der Waals surface area (Å²) < 4.78 is 66.1. The monoisotopic (exact) mass is 1120 g/mol. The molecular weight excluding hydrogens is 1020 g/mol. The van der Waals surface area contributed by atoms with Gasteiger partial charge in [0.1, 0.15) is 35.6 Å². The van der Waals surface area contributed by atoms with Crippen molar-refractivity contribution in [3.05, 3.63) is 0 Å². The molecule has 10 aliphatic rings. The Morgan fingerprint density at radius 3 is 1.35 bits per heavy atom. The minimum absolute atomic E-state index is 0.130. The van der Waals surface area contributed by atoms with E-state index in [1.807, 2.05) is 118 Å². The van der Waals surface area contributed by atoms with Crippen molar-refractivity contribution >= 4 is 42.0 Å². The van der Waals surface area contributed by atoms with Crippen LogP contribution in [0.5, 0.6) is 0 Å². The Labute approximate surface area is 469 Å². The van der Waals surface area contributed by atoms with Gasteiger partial charge in [-0.1, -0.05) is 41.5 Å². The number of carbonyl (C=O) groups excluding carboxylic acids is 7. The van der Waals surface area contributed by atoms with Gasteiger partial charge in [-0.3, -0.25) is 28.8 Å². The highest BCUT2D eigenvalue weighted by Crippen LogP contribution is 2.61. The van der Waals surface area contributed by atoms with E-state index in [1.54, 1.807) is 7.11 Å². The number of ether oxygens (including phenoxy) is 12. The lowest BCUT2D eigenvalue weighted by Crippen LogP contribution is -2.62. The SMILES string of the molecule is CCC(C)(C)C(=O)OC12CC3CC(CC(OC(=O)OC(C)(C)C)(C3)C1)C2.CCC(C)(C)C(=O)OC1C2CC3C(=O)OC1C3O2.CCC(C)(C)C(=O)OC1C2CC3C(=O)OC1C3O2.CCC(C)(C)C(=O)OCCOC(OC)C(C)C. The zero-order chi connectivity index (χ0) is 59.0. The van der Waals surface area contributed by atoms with Gasteiger partial charge < -0.3 is 56.8 Å². The first-order valence-corrected chi connectivity index (χ1v) is 29.2. The molecule has 0 aromatic carbocycles. The van der Waals surface area contributed by atoms with Crippen LogP contribution < -0.4 is 0 Å². The molecule has 6 heterocycles. The van der Waals surface area contributed by atoms with Gasteiger partial charge in [-0.05, 0) is 159 Å². The Balaban J connectivity index is 0.000000173. The molecule has 0 N–H and O–H groups in total. The van der Waals surface area contributed by atoms with Crippen LogP contribution in [0.4, 0.5) is 4.79 Å². The van der Waals surface area contributed by atoms with Crippen LogP contribution in [-0.4, -0.2) is 134 Å². The molecular formula is C60H96O19. The third-order valence-corrected chi connectivity index (χ3v) is 18.1. The molecule has 4 aliphatic carbocycles. The highest BCUT2D eigenvalue weighted by molar-refractivity contribution is 5.80. The largest absolute Gasteiger partial charge is 0.509 e. The van der Waals surface area contributed by atoms with E-state index in [4.69, 9.17) is 56.8 Å². The van der Waals surface area contributed by atoms with Crippen molar-refractivity contribution in [1.82, 2.24) is 0 Å². The second-order valence-electron chi connectivity index (χ2n) is 27.6. The summed E-state index contributed by atoms with van der Waals surface area (Å²) in [7, 11) is 1.61. The molecule has 6 saturated heterocycles. The van der Waals surface area contributed by atoms with E-state index in [0.717, 1.165) is 44.9 Å². The summed E-state index contributed by atoms with van der Waals surface area (Å²) in [5.41, 5.74) is -3.51. The minimum Gasteiger partial charge on any atom is -0.463 e. The first-order chi connectivity index (χ1) is 36.6. The maximum atomic E-state index is 12.7. The van der Waals surface area contributed by atoms with E-state index in [0.29, 0.717) is 50.5 Å². The molecule has 13 atom stereocenters. The number of hydrogen-bond acceptors (Lipinski definition) is 19. The predicted octanol–water partition coefficient (Wildman–Crippen LogP) is 9.71. The van der Waals surface area contributed by atoms with E-state index in [1.165, 1.54) is 0 Å². The van der Waals surface area contributed by atoms with Crippen LogP contribution in [0.15, 0.2) is 0 Å². The summed E-state index contributed by atoms with van der Waals surface area (Å²) in [6.45, 7) is 33.1. The molecule has 0 amide bonds. The summed E-state index contributed by atoms with van der Waals surface area (Å²) in [5, 5.41) is 0. The van der Waals surface area contributed by atoms with Gasteiger partial charge in [0.05, 0.1) is 52.3 Å². The number of methoxy groups -OCH3 is 1. The fraction of sp³-hybridized carbons (Fsp3) is 0.883. The molecule has 19 nitrogen and oxygen atoms in total. The molecule has 19 heteroatoms. The topological polar surface area (TPSA) is 230 Å². The summed E-state index contributed by atoms with van der Waals surface area (Å²) in [5.74, 6) is -0.312. The fourth-order valence-electron chi connectivity index (χ4n) is 12.1. The second kappa shape index (κ2) is 24.4. The molecule has 4 saturated carbocycles. The van der Waals surface area contributed by atoms with Crippen molar-refractivity contribution in [2.24, 2.45) is 51.2 Å². The molecule has 8 bridgehead atoms. The smallest absolute Gasteiger partial charge is 0.463 e. The van der Waals surface area contributed by atoms with Gasteiger partial charge in [0, 0.05) is 19.4 Å². The van der Waals surface area contributed by atoms with Crippen LogP contribution in [-0.2, 0) is 85.6 Å². The standard InChI is InChI=1S/C21H34O5.2C13H18O5.C13H26O4/c1-7-19(5,6)16(22)24-20-9-14-8-15(10-20)12-21(11-14,13-20)26-17(23)25-18(2,3)4;2*1-4-13(2,3)12(15)18-9-7-5-6-8(16-7)10(9)17-11(6)14;1-7-13(4,5)12(14)17-9-8-16-11(15-6)10(2)3/h14-15H,7-13H2,1-6H3;2*6-10H,4-5H2,1-3H3;10-11H,7-9H2,1-6H3. The van der Waals surface area contributed by atoms with E-state index in [-0.39, 0.29) is 90.9 Å². The van der Waals surface area contributed by atoms with Gasteiger partial charge in [-0.2, -0.15) is 0 Å². The third-order valence-electron chi connectivity index (χ3n) is 18.1. The number of carbonyl (C=O) groups is 7. The molecule has 0 aromatic rings. The number of esters is 6. The maximum Gasteiger partial charge on any atom is 0.509 e. The van der Waals surface area contributed by atoms with Gasteiger partial charge in [-0.15, -0.1) is 0 Å². The molecule has 450 valence electrons. The van der Waals surface area contributed by atoms with E-state index in [2.05, 4.69) is 0 Å². The molecule has 0 spiro atoms. The van der Waals surface area contributed by atoms with Crippen LogP contribution in [0.25, 0.3) is 0 Å². The van der Waals surface area contributed by atoms with E-state index >= 15 is 0 Å². The van der Waals surface area contributed by atoms with Crippen molar-refractivity contribution in [2.45, 2.75) is 267 Å². The van der Waals surface area contributed by atoms with Crippen molar-refractivity contribution in [3.8, 4) is 0 Å². The van der Waals surface area contributed by atoms with E-state index in [9.17, 15) is 33.6 Å². The zero-order valence-corrected chi connectivity index (χ0v) is 50.7. The van der Waals surface area contributed by atoms with Gasteiger partial charge >= 0.3 is 42.0 Å². The fourth-order valence-corrected chi connectivity index (χ4v) is 12.1. The van der Waals surface area contributed by atoms with Gasteiger partial charge in [0.25, 0.3) is 0 Å². The lowest BCUT2D eigenvalue weighted by Gasteiger charge is -2.60. The zero-order valence-electron chi connectivity index (χ0n) is 50.7. The Kier molecular flexibility index (Phi) is 19.8. The van der Waals surface area contributed by atoms with Crippen molar-refractivity contribution in [2.75, 3.05) is 20.3 Å². The summed E-state index contributed by atoms with van der Waals surface area (Å²) in [6.07, 6.45) is 6.21. The minimum atomic E-state index is -0.602. The summed E-state index contributed by atoms with van der Waals surface area (Å²) >= 11 is 0. The third kappa shape index (κ3) is 14.6. The first kappa shape index (κ1) is 64.1. The maximum absolute atomic E-state index is 12.7. The lowest BCUT2D eigenvalue weighted by molar-refractivity contribution is -0.230. The Hall–Kier alpha value is -4.07. The molecule has 10 rings (SSSR count). The second-order valence-corrected chi connectivity index (χ2v) is 27.6. The number of hydrogen-bond donors (Lipinski definition) is 0. The summed E-state index contributed by atoms with van der Waals surface area (Å²) in [4.78, 5) is 83.9. The van der Waals surface area contributed by atoms with Crippen LogP contribution in [0.2, 0.25) is 0 Å². The Bertz CT molecular complexity index is 2120. The lowest BCUT2D eigenvalue weighted by atomic mass is 9.52.